The van der Waals surface area contributed by atoms with Crippen LogP contribution < -0.4 is 0 Å². The molecule has 6 nitrogen and oxygen atoms in total. The maximum absolute atomic E-state index is 14.0. The third kappa shape index (κ3) is 4.74. The molecule has 0 spiro atoms. The van der Waals surface area contributed by atoms with Gasteiger partial charge in [0.25, 0.3) is 0 Å². The molecule has 0 bridgehead atoms. The lowest BCUT2D eigenvalue weighted by atomic mass is 10.1. The first-order valence-electron chi connectivity index (χ1n) is 9.19. The summed E-state index contributed by atoms with van der Waals surface area (Å²) in [5.41, 5.74) is -2.99. The molecule has 2 N–H and O–H groups in total. The first-order chi connectivity index (χ1) is 14.9. The van der Waals surface area contributed by atoms with Crippen LogP contribution in [-0.2, 0) is 28.7 Å². The van der Waals surface area contributed by atoms with Gasteiger partial charge in [0.2, 0.25) is 0 Å². The second-order valence-corrected chi connectivity index (χ2v) is 10.4. The van der Waals surface area contributed by atoms with Gasteiger partial charge >= 0.3 is 6.18 Å². The SMILES string of the molecule is Cc1cc(C(F)(F)F)ccc1[S+]([O-])N1C[C@H]([S+]([O-])c2ccc(C#N)c(F)c2)C(O)(CO)C1. The number of aliphatic hydroxyl groups excluding tert-OH is 1. The molecule has 1 aliphatic rings. The van der Waals surface area contributed by atoms with E-state index in [4.69, 9.17) is 5.26 Å². The third-order valence-electron chi connectivity index (χ3n) is 5.17. The Morgan fingerprint density at radius 3 is 2.47 bits per heavy atom. The van der Waals surface area contributed by atoms with Crippen molar-refractivity contribution in [2.45, 2.75) is 33.7 Å². The third-order valence-corrected chi connectivity index (χ3v) is 8.57. The minimum atomic E-state index is -4.56. The van der Waals surface area contributed by atoms with Crippen LogP contribution in [0.2, 0.25) is 0 Å². The van der Waals surface area contributed by atoms with Gasteiger partial charge in [-0.3, -0.25) is 0 Å². The largest absolute Gasteiger partial charge is 0.611 e. The van der Waals surface area contributed by atoms with Crippen LogP contribution in [0, 0.1) is 24.1 Å². The van der Waals surface area contributed by atoms with Gasteiger partial charge in [0.05, 0.1) is 42.2 Å². The number of alkyl halides is 3. The lowest BCUT2D eigenvalue weighted by molar-refractivity contribution is -0.137. The zero-order chi connectivity index (χ0) is 23.8. The summed E-state index contributed by atoms with van der Waals surface area (Å²) in [7, 11) is 0. The van der Waals surface area contributed by atoms with Gasteiger partial charge < -0.3 is 19.3 Å². The van der Waals surface area contributed by atoms with Crippen molar-refractivity contribution in [2.24, 2.45) is 0 Å². The van der Waals surface area contributed by atoms with Crippen LogP contribution in [0.5, 0.6) is 0 Å². The molecule has 2 aromatic carbocycles. The van der Waals surface area contributed by atoms with E-state index in [2.05, 4.69) is 0 Å². The van der Waals surface area contributed by atoms with Gasteiger partial charge in [0.1, 0.15) is 11.9 Å². The predicted molar refractivity (Wildman–Crippen MR) is 108 cm³/mol. The Kier molecular flexibility index (Phi) is 7.11. The molecule has 3 unspecified atom stereocenters. The molecular formula is C20H18F4N2O4S2. The summed E-state index contributed by atoms with van der Waals surface area (Å²) in [5, 5.41) is 28.2. The van der Waals surface area contributed by atoms with Crippen molar-refractivity contribution >= 4 is 22.5 Å². The number of aryl methyl sites for hydroxylation is 1. The summed E-state index contributed by atoms with van der Waals surface area (Å²) in [6.07, 6.45) is -4.56. The number of β-amino-alcohol motifs (C(OH)–C–C–N with tert-alkyl or cyclic N) is 1. The molecule has 4 atom stereocenters. The van der Waals surface area contributed by atoms with E-state index in [1.165, 1.54) is 17.3 Å². The Hall–Kier alpha value is -1.85. The quantitative estimate of drug-likeness (QED) is 0.491. The van der Waals surface area contributed by atoms with Crippen molar-refractivity contribution in [1.29, 1.82) is 5.26 Å². The van der Waals surface area contributed by atoms with E-state index < -0.39 is 57.6 Å². The van der Waals surface area contributed by atoms with Crippen molar-refractivity contribution in [3.63, 3.8) is 0 Å². The summed E-state index contributed by atoms with van der Waals surface area (Å²) in [4.78, 5) is 0.0471. The van der Waals surface area contributed by atoms with E-state index in [0.717, 1.165) is 30.3 Å². The standard InChI is InChI=1S/C20H18F4N2O4S2/c1-12-6-14(20(22,23)24)3-5-17(12)32(30)26-9-18(19(28,10-26)11-27)31(29)15-4-2-13(8-25)16(21)7-15/h2-7,18,27-28H,9-11H2,1H3/t18-,19?,31?,32?/m0/s1. The van der Waals surface area contributed by atoms with E-state index in [1.54, 1.807) is 6.07 Å². The van der Waals surface area contributed by atoms with Gasteiger partial charge in [-0.1, -0.05) is 0 Å². The molecule has 0 saturated carbocycles. The summed E-state index contributed by atoms with van der Waals surface area (Å²) < 4.78 is 79.9. The fourth-order valence-corrected chi connectivity index (χ4v) is 6.54. The van der Waals surface area contributed by atoms with E-state index in [1.807, 2.05) is 0 Å². The highest BCUT2D eigenvalue weighted by atomic mass is 32.2. The Labute approximate surface area is 187 Å². The van der Waals surface area contributed by atoms with Crippen LogP contribution in [-0.4, -0.2) is 54.2 Å². The van der Waals surface area contributed by atoms with Gasteiger partial charge in [-0.25, -0.2) is 4.39 Å². The van der Waals surface area contributed by atoms with E-state index >= 15 is 0 Å². The number of nitrogens with zero attached hydrogens (tertiary/aromatic N) is 2. The molecule has 1 aliphatic heterocycles. The van der Waals surface area contributed by atoms with E-state index in [-0.39, 0.29) is 34.0 Å². The number of aliphatic hydroxyl groups is 2. The molecular weight excluding hydrogens is 472 g/mol. The van der Waals surface area contributed by atoms with Crippen molar-refractivity contribution in [3.05, 3.63) is 58.9 Å². The molecule has 0 aromatic heterocycles. The average Bonchev–Trinajstić information content (AvgIpc) is 3.10. The number of benzene rings is 2. The van der Waals surface area contributed by atoms with Gasteiger partial charge in [-0.2, -0.15) is 18.4 Å². The van der Waals surface area contributed by atoms with Crippen LogP contribution in [0.4, 0.5) is 17.6 Å². The fourth-order valence-electron chi connectivity index (χ4n) is 3.41. The Morgan fingerprint density at radius 2 is 1.94 bits per heavy atom. The van der Waals surface area contributed by atoms with Crippen molar-refractivity contribution in [2.75, 3.05) is 19.7 Å². The molecule has 0 amide bonds. The number of halogens is 4. The van der Waals surface area contributed by atoms with Crippen LogP contribution in [0.25, 0.3) is 0 Å². The van der Waals surface area contributed by atoms with Crippen LogP contribution >= 0.6 is 0 Å². The highest BCUT2D eigenvalue weighted by Gasteiger charge is 2.56. The molecule has 0 radical (unpaired) electrons. The number of hydrogen-bond donors (Lipinski definition) is 2. The highest BCUT2D eigenvalue weighted by Crippen LogP contribution is 2.37. The zero-order valence-corrected chi connectivity index (χ0v) is 18.2. The monoisotopic (exact) mass is 490 g/mol. The lowest BCUT2D eigenvalue weighted by Crippen LogP contribution is -2.49. The van der Waals surface area contributed by atoms with E-state index in [0.29, 0.717) is 0 Å². The van der Waals surface area contributed by atoms with Crippen molar-refractivity contribution in [3.8, 4) is 6.07 Å². The number of hydrogen-bond acceptors (Lipinski definition) is 6. The minimum absolute atomic E-state index is 0.0308. The molecule has 172 valence electrons. The van der Waals surface area contributed by atoms with Gasteiger partial charge in [-0.05, 0) is 48.4 Å². The number of nitriles is 1. The molecule has 1 saturated heterocycles. The maximum atomic E-state index is 14.0. The molecule has 2 aromatic rings. The summed E-state index contributed by atoms with van der Waals surface area (Å²) in [6, 6.07) is 7.65. The maximum Gasteiger partial charge on any atom is 0.416 e. The first-order valence-corrected chi connectivity index (χ1v) is 11.5. The second kappa shape index (κ2) is 9.18. The number of rotatable bonds is 5. The predicted octanol–water partition coefficient (Wildman–Crippen LogP) is 2.26. The topological polar surface area (TPSA) is 114 Å². The molecule has 12 heteroatoms. The zero-order valence-electron chi connectivity index (χ0n) is 16.6. The smallest absolute Gasteiger partial charge is 0.416 e. The minimum Gasteiger partial charge on any atom is -0.611 e. The highest BCUT2D eigenvalue weighted by molar-refractivity contribution is 7.92. The normalized spacial score (nSPS) is 23.7. The van der Waals surface area contributed by atoms with Crippen molar-refractivity contribution in [1.82, 2.24) is 4.31 Å². The van der Waals surface area contributed by atoms with Crippen molar-refractivity contribution < 1.29 is 36.9 Å². The molecule has 3 rings (SSSR count). The lowest BCUT2D eigenvalue weighted by Gasteiger charge is -2.27. The molecule has 32 heavy (non-hydrogen) atoms. The first kappa shape index (κ1) is 24.8. The Balaban J connectivity index is 1.87. The molecule has 0 aliphatic carbocycles. The fraction of sp³-hybridized carbons (Fsp3) is 0.350. The van der Waals surface area contributed by atoms with Crippen LogP contribution in [0.3, 0.4) is 0 Å². The summed E-state index contributed by atoms with van der Waals surface area (Å²) in [6.45, 7) is -0.0715. The van der Waals surface area contributed by atoms with Gasteiger partial charge in [0, 0.05) is 11.6 Å². The second-order valence-electron chi connectivity index (χ2n) is 7.35. The average molecular weight is 491 g/mol. The van der Waals surface area contributed by atoms with Gasteiger partial charge in [0.15, 0.2) is 20.6 Å². The molecule has 1 heterocycles. The van der Waals surface area contributed by atoms with E-state index in [9.17, 15) is 36.9 Å². The Bertz CT molecular complexity index is 1050. The summed E-state index contributed by atoms with van der Waals surface area (Å²) >= 11 is -4.06. The van der Waals surface area contributed by atoms with Crippen LogP contribution in [0.15, 0.2) is 46.2 Å². The molecule has 1 fully saturated rings. The Morgan fingerprint density at radius 1 is 1.25 bits per heavy atom. The van der Waals surface area contributed by atoms with Gasteiger partial charge in [-0.15, -0.1) is 4.31 Å². The van der Waals surface area contributed by atoms with Crippen LogP contribution in [0.1, 0.15) is 16.7 Å². The summed E-state index contributed by atoms with van der Waals surface area (Å²) in [5.74, 6) is -0.898.